The quantitative estimate of drug-likeness (QED) is 0.460. The van der Waals surface area contributed by atoms with Crippen LogP contribution in [0, 0.1) is 0 Å². The summed E-state index contributed by atoms with van der Waals surface area (Å²) in [5.74, 6) is 0.813. The van der Waals surface area contributed by atoms with Gasteiger partial charge in [0.2, 0.25) is 5.91 Å². The van der Waals surface area contributed by atoms with Crippen molar-refractivity contribution in [2.75, 3.05) is 17.7 Å². The van der Waals surface area contributed by atoms with Gasteiger partial charge in [-0.25, -0.2) is 4.98 Å². The molecule has 28 heavy (non-hydrogen) atoms. The fraction of sp³-hybridized carbons (Fsp3) is 0.143. The zero-order chi connectivity index (χ0) is 19.5. The SMILES string of the molecule is CCOc1ccc(-c2ccc(NC(=O)Cc3ccc4nc(N)sc4c3)s2)cc1. The van der Waals surface area contributed by atoms with E-state index in [0.29, 0.717) is 18.2 Å². The first kappa shape index (κ1) is 18.5. The first-order valence-electron chi connectivity index (χ1n) is 8.88. The highest BCUT2D eigenvalue weighted by molar-refractivity contribution is 7.22. The minimum atomic E-state index is -0.0445. The van der Waals surface area contributed by atoms with Crippen LogP contribution in [0.2, 0.25) is 0 Å². The van der Waals surface area contributed by atoms with Crippen molar-refractivity contribution in [3.8, 4) is 16.2 Å². The molecule has 4 rings (SSSR count). The van der Waals surface area contributed by atoms with Crippen LogP contribution in [0.3, 0.4) is 0 Å². The van der Waals surface area contributed by atoms with Crippen LogP contribution in [-0.4, -0.2) is 17.5 Å². The summed E-state index contributed by atoms with van der Waals surface area (Å²) in [5, 5.41) is 4.35. The minimum Gasteiger partial charge on any atom is -0.494 e. The molecule has 7 heteroatoms. The van der Waals surface area contributed by atoms with Crippen molar-refractivity contribution in [1.82, 2.24) is 4.98 Å². The normalized spacial score (nSPS) is 10.9. The zero-order valence-corrected chi connectivity index (χ0v) is 16.9. The molecule has 5 nitrogen and oxygen atoms in total. The Hall–Kier alpha value is -2.90. The molecule has 1 amide bonds. The fourth-order valence-electron chi connectivity index (χ4n) is 2.91. The molecule has 2 heterocycles. The smallest absolute Gasteiger partial charge is 0.229 e. The Kier molecular flexibility index (Phi) is 5.27. The third kappa shape index (κ3) is 4.16. The van der Waals surface area contributed by atoms with Crippen molar-refractivity contribution >= 4 is 48.9 Å². The number of rotatable bonds is 6. The molecule has 0 radical (unpaired) electrons. The highest BCUT2D eigenvalue weighted by atomic mass is 32.1. The molecule has 0 bridgehead atoms. The largest absolute Gasteiger partial charge is 0.494 e. The van der Waals surface area contributed by atoms with Crippen LogP contribution in [0.5, 0.6) is 5.75 Å². The van der Waals surface area contributed by atoms with E-state index < -0.39 is 0 Å². The Morgan fingerprint density at radius 3 is 2.71 bits per heavy atom. The zero-order valence-electron chi connectivity index (χ0n) is 15.3. The predicted molar refractivity (Wildman–Crippen MR) is 117 cm³/mol. The lowest BCUT2D eigenvalue weighted by molar-refractivity contribution is -0.115. The molecular weight excluding hydrogens is 390 g/mol. The lowest BCUT2D eigenvalue weighted by Crippen LogP contribution is -2.13. The van der Waals surface area contributed by atoms with Crippen LogP contribution >= 0.6 is 22.7 Å². The van der Waals surface area contributed by atoms with Gasteiger partial charge in [-0.05, 0) is 66.6 Å². The highest BCUT2D eigenvalue weighted by Gasteiger charge is 2.09. The van der Waals surface area contributed by atoms with Gasteiger partial charge >= 0.3 is 0 Å². The van der Waals surface area contributed by atoms with Crippen molar-refractivity contribution in [2.45, 2.75) is 13.3 Å². The third-order valence-electron chi connectivity index (χ3n) is 4.15. The van der Waals surface area contributed by atoms with Gasteiger partial charge in [0.05, 0.1) is 28.2 Å². The summed E-state index contributed by atoms with van der Waals surface area (Å²) in [4.78, 5) is 17.8. The average Bonchev–Trinajstić information content (AvgIpc) is 3.28. The summed E-state index contributed by atoms with van der Waals surface area (Å²) in [6, 6.07) is 17.7. The Labute approximate surface area is 170 Å². The monoisotopic (exact) mass is 409 g/mol. The topological polar surface area (TPSA) is 77.2 Å². The number of anilines is 2. The van der Waals surface area contributed by atoms with Crippen LogP contribution in [0.15, 0.2) is 54.6 Å². The number of nitrogen functional groups attached to an aromatic ring is 1. The molecule has 142 valence electrons. The first-order valence-corrected chi connectivity index (χ1v) is 10.5. The maximum Gasteiger partial charge on any atom is 0.229 e. The maximum atomic E-state index is 12.4. The molecule has 0 fully saturated rings. The van der Waals surface area contributed by atoms with Crippen LogP contribution in [0.25, 0.3) is 20.7 Å². The molecule has 3 N–H and O–H groups in total. The Morgan fingerprint density at radius 1 is 1.11 bits per heavy atom. The van der Waals surface area contributed by atoms with E-state index in [9.17, 15) is 4.79 Å². The molecule has 4 aromatic rings. The molecule has 0 atom stereocenters. The van der Waals surface area contributed by atoms with Gasteiger partial charge in [0.15, 0.2) is 5.13 Å². The van der Waals surface area contributed by atoms with E-state index >= 15 is 0 Å². The number of fused-ring (bicyclic) bond motifs is 1. The Morgan fingerprint density at radius 2 is 1.93 bits per heavy atom. The summed E-state index contributed by atoms with van der Waals surface area (Å²) in [7, 11) is 0. The number of hydrogen-bond acceptors (Lipinski definition) is 6. The second kappa shape index (κ2) is 8.00. The Bertz CT molecular complexity index is 1120. The van der Waals surface area contributed by atoms with Gasteiger partial charge in [-0.2, -0.15) is 0 Å². The van der Waals surface area contributed by atoms with E-state index in [0.717, 1.165) is 37.0 Å². The standard InChI is InChI=1S/C21H19N3O2S2/c1-2-26-15-6-4-14(5-7-15)17-9-10-20(27-17)24-19(25)12-13-3-8-16-18(11-13)28-21(22)23-16/h3-11H,2,12H2,1H3,(H2,22,23)(H,24,25). The fourth-order valence-corrected chi connectivity index (χ4v) is 4.63. The number of hydrogen-bond donors (Lipinski definition) is 2. The first-order chi connectivity index (χ1) is 13.6. The van der Waals surface area contributed by atoms with Gasteiger partial charge in [-0.3, -0.25) is 4.79 Å². The van der Waals surface area contributed by atoms with Crippen LogP contribution < -0.4 is 15.8 Å². The lowest BCUT2D eigenvalue weighted by atomic mass is 10.1. The van der Waals surface area contributed by atoms with E-state index in [4.69, 9.17) is 10.5 Å². The second-order valence-corrected chi connectivity index (χ2v) is 8.35. The molecule has 0 aliphatic heterocycles. The highest BCUT2D eigenvalue weighted by Crippen LogP contribution is 2.32. The third-order valence-corrected chi connectivity index (χ3v) is 6.05. The average molecular weight is 410 g/mol. The summed E-state index contributed by atoms with van der Waals surface area (Å²) >= 11 is 2.98. The van der Waals surface area contributed by atoms with E-state index in [1.54, 1.807) is 11.3 Å². The van der Waals surface area contributed by atoms with Crippen LogP contribution in [0.1, 0.15) is 12.5 Å². The number of benzene rings is 2. The molecule has 0 unspecified atom stereocenters. The number of nitrogens with two attached hydrogens (primary N) is 1. The minimum absolute atomic E-state index is 0.0445. The molecule has 2 aromatic heterocycles. The van der Waals surface area contributed by atoms with Crippen molar-refractivity contribution in [2.24, 2.45) is 0 Å². The summed E-state index contributed by atoms with van der Waals surface area (Å²) in [6.07, 6.45) is 0.310. The van der Waals surface area contributed by atoms with E-state index in [1.165, 1.54) is 11.3 Å². The molecule has 0 aliphatic rings. The van der Waals surface area contributed by atoms with Gasteiger partial charge in [0.25, 0.3) is 0 Å². The molecule has 0 aliphatic carbocycles. The van der Waals surface area contributed by atoms with Crippen LogP contribution in [0.4, 0.5) is 10.1 Å². The van der Waals surface area contributed by atoms with Crippen molar-refractivity contribution < 1.29 is 9.53 Å². The molecule has 0 saturated heterocycles. The summed E-state index contributed by atoms with van der Waals surface area (Å²) in [5.41, 5.74) is 8.65. The van der Waals surface area contributed by atoms with E-state index in [2.05, 4.69) is 10.3 Å². The Balaban J connectivity index is 1.41. The number of thiophene rings is 1. The molecular formula is C21H19N3O2S2. The van der Waals surface area contributed by atoms with E-state index in [-0.39, 0.29) is 5.91 Å². The summed E-state index contributed by atoms with van der Waals surface area (Å²) < 4.78 is 6.47. The number of nitrogens with one attached hydrogen (secondary N) is 1. The van der Waals surface area contributed by atoms with Gasteiger partial charge in [0.1, 0.15) is 5.75 Å². The number of aromatic nitrogens is 1. The second-order valence-electron chi connectivity index (χ2n) is 6.20. The summed E-state index contributed by atoms with van der Waals surface area (Å²) in [6.45, 7) is 2.62. The lowest BCUT2D eigenvalue weighted by Gasteiger charge is -2.04. The van der Waals surface area contributed by atoms with Crippen molar-refractivity contribution in [3.05, 3.63) is 60.2 Å². The number of nitrogens with zero attached hydrogens (tertiary/aromatic N) is 1. The molecule has 0 spiro atoms. The van der Waals surface area contributed by atoms with Gasteiger partial charge in [-0.1, -0.05) is 17.4 Å². The van der Waals surface area contributed by atoms with E-state index in [1.807, 2.05) is 61.5 Å². The van der Waals surface area contributed by atoms with Crippen LogP contribution in [-0.2, 0) is 11.2 Å². The van der Waals surface area contributed by atoms with Gasteiger partial charge in [-0.15, -0.1) is 11.3 Å². The number of ether oxygens (including phenoxy) is 1. The van der Waals surface area contributed by atoms with Crippen molar-refractivity contribution in [1.29, 1.82) is 0 Å². The number of amides is 1. The van der Waals surface area contributed by atoms with Crippen molar-refractivity contribution in [3.63, 3.8) is 0 Å². The number of carbonyl (C=O) groups is 1. The number of carbonyl (C=O) groups excluding carboxylic acids is 1. The van der Waals surface area contributed by atoms with Gasteiger partial charge in [0, 0.05) is 4.88 Å². The maximum absolute atomic E-state index is 12.4. The molecule has 0 saturated carbocycles. The number of thiazole rings is 1. The predicted octanol–water partition coefficient (Wildman–Crippen LogP) is 5.19. The van der Waals surface area contributed by atoms with Gasteiger partial charge < -0.3 is 15.8 Å². The molecule has 2 aromatic carbocycles.